The van der Waals surface area contributed by atoms with Gasteiger partial charge in [0.05, 0.1) is 7.11 Å². The van der Waals surface area contributed by atoms with Crippen molar-refractivity contribution < 1.29 is 4.74 Å². The standard InChI is InChI=1S/C10H15ClN4O/c1-7-4-3-5-15(6-7)9-12-8(11)13-10(14-9)16-2/h7H,3-6H2,1-2H3. The molecule has 1 fully saturated rings. The van der Waals surface area contributed by atoms with Crippen molar-refractivity contribution in [1.82, 2.24) is 15.0 Å². The number of rotatable bonds is 2. The largest absolute Gasteiger partial charge is 0.467 e. The van der Waals surface area contributed by atoms with Crippen molar-refractivity contribution in [2.75, 3.05) is 25.1 Å². The van der Waals surface area contributed by atoms with Crippen LogP contribution >= 0.6 is 11.6 Å². The number of anilines is 1. The van der Waals surface area contributed by atoms with E-state index in [0.717, 1.165) is 19.5 Å². The molecule has 0 saturated carbocycles. The monoisotopic (exact) mass is 242 g/mol. The van der Waals surface area contributed by atoms with Crippen LogP contribution in [0.2, 0.25) is 5.28 Å². The number of hydrogen-bond donors (Lipinski definition) is 0. The highest BCUT2D eigenvalue weighted by molar-refractivity contribution is 6.28. The maximum absolute atomic E-state index is 5.82. The Hall–Kier alpha value is -1.10. The summed E-state index contributed by atoms with van der Waals surface area (Å²) in [6.45, 7) is 4.16. The van der Waals surface area contributed by atoms with Crippen molar-refractivity contribution in [3.05, 3.63) is 5.28 Å². The van der Waals surface area contributed by atoms with Gasteiger partial charge in [0.1, 0.15) is 0 Å². The van der Waals surface area contributed by atoms with Gasteiger partial charge in [-0.25, -0.2) is 0 Å². The zero-order valence-corrected chi connectivity index (χ0v) is 10.2. The van der Waals surface area contributed by atoms with Crippen LogP contribution in [0, 0.1) is 5.92 Å². The quantitative estimate of drug-likeness (QED) is 0.791. The molecule has 0 N–H and O–H groups in total. The van der Waals surface area contributed by atoms with E-state index in [1.54, 1.807) is 0 Å². The van der Waals surface area contributed by atoms with Gasteiger partial charge in [0, 0.05) is 13.1 Å². The fourth-order valence-electron chi connectivity index (χ4n) is 1.93. The van der Waals surface area contributed by atoms with Crippen LogP contribution in [0.4, 0.5) is 5.95 Å². The topological polar surface area (TPSA) is 51.1 Å². The van der Waals surface area contributed by atoms with Crippen LogP contribution in [0.5, 0.6) is 6.01 Å². The van der Waals surface area contributed by atoms with E-state index < -0.39 is 0 Å². The molecular weight excluding hydrogens is 228 g/mol. The van der Waals surface area contributed by atoms with Crippen molar-refractivity contribution in [3.8, 4) is 6.01 Å². The smallest absolute Gasteiger partial charge is 0.322 e. The molecule has 0 aromatic carbocycles. The number of hydrogen-bond acceptors (Lipinski definition) is 5. The Morgan fingerprint density at radius 3 is 2.88 bits per heavy atom. The average molecular weight is 243 g/mol. The summed E-state index contributed by atoms with van der Waals surface area (Å²) in [6.07, 6.45) is 2.42. The fraction of sp³-hybridized carbons (Fsp3) is 0.700. The van der Waals surface area contributed by atoms with E-state index in [9.17, 15) is 0 Å². The molecule has 2 heterocycles. The third-order valence-electron chi connectivity index (χ3n) is 2.70. The van der Waals surface area contributed by atoms with Crippen LogP contribution < -0.4 is 9.64 Å². The summed E-state index contributed by atoms with van der Waals surface area (Å²) in [5, 5.41) is 0.181. The Bertz CT molecular complexity index is 374. The molecule has 0 aliphatic carbocycles. The van der Waals surface area contributed by atoms with Crippen molar-refractivity contribution in [1.29, 1.82) is 0 Å². The minimum absolute atomic E-state index is 0.181. The molecule has 1 aromatic heterocycles. The minimum atomic E-state index is 0.181. The highest BCUT2D eigenvalue weighted by Gasteiger charge is 2.20. The van der Waals surface area contributed by atoms with Gasteiger partial charge in [0.15, 0.2) is 0 Å². The lowest BCUT2D eigenvalue weighted by Crippen LogP contribution is -2.35. The number of aromatic nitrogens is 3. The number of methoxy groups -OCH3 is 1. The molecule has 0 amide bonds. The second-order valence-corrected chi connectivity index (χ2v) is 4.42. The van der Waals surface area contributed by atoms with Gasteiger partial charge in [0.25, 0.3) is 0 Å². The van der Waals surface area contributed by atoms with Crippen LogP contribution in [0.25, 0.3) is 0 Å². The Morgan fingerprint density at radius 2 is 2.19 bits per heavy atom. The van der Waals surface area contributed by atoms with Gasteiger partial charge in [-0.3, -0.25) is 0 Å². The van der Waals surface area contributed by atoms with Crippen LogP contribution in [-0.4, -0.2) is 35.2 Å². The van der Waals surface area contributed by atoms with Gasteiger partial charge < -0.3 is 9.64 Å². The summed E-state index contributed by atoms with van der Waals surface area (Å²) in [5.74, 6) is 1.28. The van der Waals surface area contributed by atoms with Crippen LogP contribution in [0.1, 0.15) is 19.8 Å². The minimum Gasteiger partial charge on any atom is -0.467 e. The lowest BCUT2D eigenvalue weighted by Gasteiger charge is -2.30. The summed E-state index contributed by atoms with van der Waals surface area (Å²) in [4.78, 5) is 14.3. The molecule has 2 rings (SSSR count). The molecule has 6 heteroatoms. The van der Waals surface area contributed by atoms with E-state index in [1.165, 1.54) is 13.5 Å². The van der Waals surface area contributed by atoms with E-state index in [1.807, 2.05) is 0 Å². The molecule has 16 heavy (non-hydrogen) atoms. The van der Waals surface area contributed by atoms with Crippen LogP contribution in [0.3, 0.4) is 0 Å². The first-order chi connectivity index (χ1) is 7.69. The second-order valence-electron chi connectivity index (χ2n) is 4.08. The fourth-order valence-corrected chi connectivity index (χ4v) is 2.07. The zero-order chi connectivity index (χ0) is 11.5. The predicted molar refractivity (Wildman–Crippen MR) is 62.0 cm³/mol. The lowest BCUT2D eigenvalue weighted by atomic mass is 10.0. The average Bonchev–Trinajstić information content (AvgIpc) is 2.28. The van der Waals surface area contributed by atoms with E-state index in [0.29, 0.717) is 11.9 Å². The number of halogens is 1. The van der Waals surface area contributed by atoms with Gasteiger partial charge >= 0.3 is 6.01 Å². The molecule has 0 bridgehead atoms. The second kappa shape index (κ2) is 4.82. The Kier molecular flexibility index (Phi) is 3.43. The third kappa shape index (κ3) is 2.52. The Morgan fingerprint density at radius 1 is 1.38 bits per heavy atom. The summed E-state index contributed by atoms with van der Waals surface area (Å²) in [6, 6.07) is 0.272. The first-order valence-electron chi connectivity index (χ1n) is 5.39. The van der Waals surface area contributed by atoms with E-state index in [4.69, 9.17) is 16.3 Å². The molecule has 1 saturated heterocycles. The first-order valence-corrected chi connectivity index (χ1v) is 5.77. The van der Waals surface area contributed by atoms with Gasteiger partial charge in [-0.2, -0.15) is 15.0 Å². The third-order valence-corrected chi connectivity index (χ3v) is 2.87. The summed E-state index contributed by atoms with van der Waals surface area (Å²) >= 11 is 5.82. The van der Waals surface area contributed by atoms with Crippen molar-refractivity contribution in [2.45, 2.75) is 19.8 Å². The summed E-state index contributed by atoms with van der Waals surface area (Å²) < 4.78 is 4.98. The zero-order valence-electron chi connectivity index (χ0n) is 9.48. The molecule has 1 aromatic rings. The van der Waals surface area contributed by atoms with Crippen molar-refractivity contribution in [2.24, 2.45) is 5.92 Å². The maximum atomic E-state index is 5.82. The van der Waals surface area contributed by atoms with Gasteiger partial charge in [0.2, 0.25) is 11.2 Å². The van der Waals surface area contributed by atoms with Gasteiger partial charge in [-0.15, -0.1) is 0 Å². The summed E-state index contributed by atoms with van der Waals surface area (Å²) in [5.41, 5.74) is 0. The molecule has 0 radical (unpaired) electrons. The molecule has 88 valence electrons. The van der Waals surface area contributed by atoms with Crippen LogP contribution in [-0.2, 0) is 0 Å². The molecule has 1 aliphatic heterocycles. The molecule has 1 atom stereocenters. The predicted octanol–water partition coefficient (Wildman–Crippen LogP) is 1.77. The number of nitrogens with zero attached hydrogens (tertiary/aromatic N) is 4. The normalized spacial score (nSPS) is 20.9. The molecular formula is C10H15ClN4O. The van der Waals surface area contributed by atoms with Gasteiger partial charge in [-0.1, -0.05) is 6.92 Å². The SMILES string of the molecule is COc1nc(Cl)nc(N2CCCC(C)C2)n1. The molecule has 1 aliphatic rings. The lowest BCUT2D eigenvalue weighted by molar-refractivity contribution is 0.375. The highest BCUT2D eigenvalue weighted by Crippen LogP contribution is 2.21. The summed E-state index contributed by atoms with van der Waals surface area (Å²) in [7, 11) is 1.52. The molecule has 0 spiro atoms. The van der Waals surface area contributed by atoms with E-state index in [-0.39, 0.29) is 11.3 Å². The van der Waals surface area contributed by atoms with Crippen molar-refractivity contribution in [3.63, 3.8) is 0 Å². The Balaban J connectivity index is 2.21. The van der Waals surface area contributed by atoms with Crippen LogP contribution in [0.15, 0.2) is 0 Å². The first kappa shape index (κ1) is 11.4. The van der Waals surface area contributed by atoms with Gasteiger partial charge in [-0.05, 0) is 30.4 Å². The van der Waals surface area contributed by atoms with Crippen molar-refractivity contribution >= 4 is 17.5 Å². The number of piperidine rings is 1. The highest BCUT2D eigenvalue weighted by atomic mass is 35.5. The Labute approximate surface area is 99.8 Å². The van der Waals surface area contributed by atoms with E-state index >= 15 is 0 Å². The number of ether oxygens (including phenoxy) is 1. The maximum Gasteiger partial charge on any atom is 0.322 e. The van der Waals surface area contributed by atoms with E-state index in [2.05, 4.69) is 26.8 Å². The molecule has 1 unspecified atom stereocenters. The molecule has 5 nitrogen and oxygen atoms in total.